The van der Waals surface area contributed by atoms with E-state index in [-0.39, 0.29) is 6.04 Å². The maximum atomic E-state index is 5.83. The lowest BCUT2D eigenvalue weighted by Gasteiger charge is -2.11. The fourth-order valence-electron chi connectivity index (χ4n) is 2.77. The highest BCUT2D eigenvalue weighted by molar-refractivity contribution is 6.25. The third-order valence-electron chi connectivity index (χ3n) is 3.99. The van der Waals surface area contributed by atoms with Crippen LogP contribution in [0.5, 0.6) is 0 Å². The molecule has 0 N–H and O–H groups in total. The van der Waals surface area contributed by atoms with Gasteiger partial charge in [-0.3, -0.25) is 0 Å². The van der Waals surface area contributed by atoms with Gasteiger partial charge in [-0.1, -0.05) is 52.4 Å². The molecule has 4 aromatic rings. The number of nitrogens with zero attached hydrogens (tertiary/aromatic N) is 6. The van der Waals surface area contributed by atoms with Crippen LogP contribution in [0.25, 0.3) is 28.3 Å². The molecule has 0 aliphatic carbocycles. The maximum absolute atomic E-state index is 5.83. The summed E-state index contributed by atoms with van der Waals surface area (Å²) in [5, 5.41) is 16.8. The summed E-state index contributed by atoms with van der Waals surface area (Å²) in [6.45, 7) is 0. The van der Waals surface area contributed by atoms with Gasteiger partial charge < -0.3 is 0 Å². The number of aromatic nitrogens is 6. The first kappa shape index (κ1) is 15.5. The molecule has 25 heavy (non-hydrogen) atoms. The molecule has 7 heteroatoms. The molecule has 124 valence electrons. The number of rotatable bonds is 5. The third-order valence-corrected chi connectivity index (χ3v) is 4.13. The molecular weight excluding hydrogens is 336 g/mol. The summed E-state index contributed by atoms with van der Waals surface area (Å²) in [7, 11) is 0. The van der Waals surface area contributed by atoms with Crippen molar-refractivity contribution in [3.8, 4) is 0 Å². The van der Waals surface area contributed by atoms with Crippen molar-refractivity contribution < 1.29 is 0 Å². The van der Waals surface area contributed by atoms with Crippen molar-refractivity contribution >= 4 is 39.9 Å². The molecule has 2 aromatic carbocycles. The van der Waals surface area contributed by atoms with Crippen molar-refractivity contribution in [3.05, 3.63) is 66.2 Å². The van der Waals surface area contributed by atoms with E-state index in [1.807, 2.05) is 71.6 Å². The quantitative estimate of drug-likeness (QED) is 0.545. The molecule has 0 saturated carbocycles. The Morgan fingerprint density at radius 3 is 2.40 bits per heavy atom. The normalized spacial score (nSPS) is 13.5. The second-order valence-corrected chi connectivity index (χ2v) is 5.80. The fourth-order valence-corrected chi connectivity index (χ4v) is 2.94. The number of para-hydroxylation sites is 2. The van der Waals surface area contributed by atoms with E-state index in [0.717, 1.165) is 22.1 Å². The minimum atomic E-state index is -0.0315. The topological polar surface area (TPSA) is 61.4 Å². The Kier molecular flexibility index (Phi) is 4.26. The van der Waals surface area contributed by atoms with Crippen LogP contribution in [0.1, 0.15) is 12.5 Å². The Morgan fingerprint density at radius 1 is 0.920 bits per heavy atom. The van der Waals surface area contributed by atoms with Gasteiger partial charge in [0, 0.05) is 11.7 Å². The zero-order chi connectivity index (χ0) is 17.1. The first-order chi connectivity index (χ1) is 12.4. The van der Waals surface area contributed by atoms with E-state index in [9.17, 15) is 0 Å². The molecule has 0 spiro atoms. The molecule has 0 radical (unpaired) electrons. The molecule has 6 nitrogen and oxygen atoms in total. The third kappa shape index (κ3) is 3.04. The summed E-state index contributed by atoms with van der Waals surface area (Å²) in [4.78, 5) is 0. The Bertz CT molecular complexity index is 1060. The molecule has 0 bridgehead atoms. The Labute approximate surface area is 149 Å². The molecule has 1 atom stereocenters. The van der Waals surface area contributed by atoms with Crippen LogP contribution < -0.4 is 0 Å². The molecular formula is C18H15ClN6. The van der Waals surface area contributed by atoms with Gasteiger partial charge in [-0.25, -0.2) is 9.36 Å². The predicted molar refractivity (Wildman–Crippen MR) is 99.0 cm³/mol. The molecule has 1 unspecified atom stereocenters. The number of allylic oxidation sites excluding steroid dienone is 2. The first-order valence-corrected chi connectivity index (χ1v) is 8.34. The maximum Gasteiger partial charge on any atom is 0.113 e. The molecule has 2 heterocycles. The Morgan fingerprint density at radius 2 is 1.60 bits per heavy atom. The molecule has 0 fully saturated rings. The van der Waals surface area contributed by atoms with Crippen LogP contribution in [0.2, 0.25) is 0 Å². The zero-order valence-corrected chi connectivity index (χ0v) is 14.0. The summed E-state index contributed by atoms with van der Waals surface area (Å²) in [5.41, 5.74) is 5.18. The largest absolute Gasteiger partial charge is 0.237 e. The van der Waals surface area contributed by atoms with Crippen LogP contribution >= 0.6 is 11.6 Å². The van der Waals surface area contributed by atoms with Crippen molar-refractivity contribution in [2.24, 2.45) is 0 Å². The van der Waals surface area contributed by atoms with Gasteiger partial charge in [0.2, 0.25) is 0 Å². The van der Waals surface area contributed by atoms with Crippen molar-refractivity contribution in [1.82, 2.24) is 30.0 Å². The number of fused-ring (bicyclic) bond motifs is 2. The van der Waals surface area contributed by atoms with Gasteiger partial charge in [0.25, 0.3) is 0 Å². The lowest BCUT2D eigenvalue weighted by Crippen LogP contribution is -2.07. The summed E-state index contributed by atoms with van der Waals surface area (Å²) in [6, 6.07) is 15.7. The number of hydrogen-bond donors (Lipinski definition) is 0. The highest BCUT2D eigenvalue weighted by Gasteiger charge is 2.11. The molecule has 0 saturated heterocycles. The van der Waals surface area contributed by atoms with Crippen molar-refractivity contribution in [2.45, 2.75) is 12.5 Å². The van der Waals surface area contributed by atoms with Gasteiger partial charge in [-0.15, -0.1) is 10.2 Å². The van der Waals surface area contributed by atoms with Crippen LogP contribution in [0.3, 0.4) is 0 Å². The fraction of sp³-hybridized carbons (Fsp3) is 0.111. The van der Waals surface area contributed by atoms with Crippen molar-refractivity contribution in [3.63, 3.8) is 0 Å². The van der Waals surface area contributed by atoms with E-state index in [1.165, 1.54) is 5.54 Å². The van der Waals surface area contributed by atoms with E-state index in [0.29, 0.717) is 6.42 Å². The number of hydrogen-bond acceptors (Lipinski definition) is 4. The zero-order valence-electron chi connectivity index (χ0n) is 13.3. The highest BCUT2D eigenvalue weighted by Crippen LogP contribution is 2.20. The Hall–Kier alpha value is -2.99. The lowest BCUT2D eigenvalue weighted by atomic mass is 10.2. The van der Waals surface area contributed by atoms with Crippen LogP contribution in [-0.4, -0.2) is 30.0 Å². The minimum Gasteiger partial charge on any atom is -0.237 e. The van der Waals surface area contributed by atoms with Gasteiger partial charge in [0.15, 0.2) is 0 Å². The van der Waals surface area contributed by atoms with Crippen LogP contribution in [0.15, 0.2) is 66.2 Å². The number of halogens is 1. The van der Waals surface area contributed by atoms with Crippen LogP contribution in [-0.2, 0) is 0 Å². The molecule has 0 amide bonds. The van der Waals surface area contributed by atoms with Gasteiger partial charge in [0.05, 0.1) is 17.1 Å². The van der Waals surface area contributed by atoms with E-state index < -0.39 is 0 Å². The summed E-state index contributed by atoms with van der Waals surface area (Å²) in [6.07, 6.45) is 6.53. The summed E-state index contributed by atoms with van der Waals surface area (Å²) < 4.78 is 3.63. The van der Waals surface area contributed by atoms with Gasteiger partial charge in [-0.2, -0.15) is 0 Å². The monoisotopic (exact) mass is 350 g/mol. The van der Waals surface area contributed by atoms with Crippen molar-refractivity contribution in [1.29, 1.82) is 0 Å². The standard InChI is InChI=1S/C18H15ClN6/c19-12-11-14(25-18-10-4-2-8-16(18)21-23-25)6-5-13-24-17-9-3-1-7-15(17)20-22-24/h1-5,7-14H,6H2/b12-11+,13-5+. The SMILES string of the molecule is Cl/C=C/C(C/C=C/n1nnc2ccccc21)n1nnc2ccccc21. The summed E-state index contributed by atoms with van der Waals surface area (Å²) >= 11 is 5.83. The van der Waals surface area contributed by atoms with Gasteiger partial charge >= 0.3 is 0 Å². The van der Waals surface area contributed by atoms with E-state index >= 15 is 0 Å². The Balaban J connectivity index is 1.60. The van der Waals surface area contributed by atoms with E-state index in [4.69, 9.17) is 11.6 Å². The summed E-state index contributed by atoms with van der Waals surface area (Å²) in [5.74, 6) is 0. The second-order valence-electron chi connectivity index (χ2n) is 5.55. The minimum absolute atomic E-state index is 0.0315. The molecule has 4 rings (SSSR count). The van der Waals surface area contributed by atoms with Crippen molar-refractivity contribution in [2.75, 3.05) is 0 Å². The highest BCUT2D eigenvalue weighted by atomic mass is 35.5. The lowest BCUT2D eigenvalue weighted by molar-refractivity contribution is 0.541. The predicted octanol–water partition coefficient (Wildman–Crippen LogP) is 4.03. The molecule has 0 aliphatic heterocycles. The second kappa shape index (κ2) is 6.86. The number of benzene rings is 2. The average molecular weight is 351 g/mol. The van der Waals surface area contributed by atoms with Crippen LogP contribution in [0.4, 0.5) is 0 Å². The molecule has 2 aromatic heterocycles. The van der Waals surface area contributed by atoms with Crippen LogP contribution in [0, 0.1) is 0 Å². The average Bonchev–Trinajstić information content (AvgIpc) is 3.25. The van der Waals surface area contributed by atoms with E-state index in [2.05, 4.69) is 20.6 Å². The van der Waals surface area contributed by atoms with Gasteiger partial charge in [0.1, 0.15) is 11.0 Å². The van der Waals surface area contributed by atoms with Gasteiger partial charge in [-0.05, 0) is 36.8 Å². The van der Waals surface area contributed by atoms with E-state index in [1.54, 1.807) is 4.68 Å². The smallest absolute Gasteiger partial charge is 0.113 e. The molecule has 0 aliphatic rings. The first-order valence-electron chi connectivity index (χ1n) is 7.90.